The highest BCUT2D eigenvalue weighted by atomic mass is 16.5. The largest absolute Gasteiger partial charge is 0.493 e. The Morgan fingerprint density at radius 3 is 2.81 bits per heavy atom. The molecule has 1 saturated carbocycles. The van der Waals surface area contributed by atoms with E-state index in [0.717, 1.165) is 0 Å². The first-order valence-corrected chi connectivity index (χ1v) is 6.76. The normalized spacial score (nSPS) is 13.9. The van der Waals surface area contributed by atoms with Crippen LogP contribution in [0.3, 0.4) is 0 Å². The Hall–Kier alpha value is -2.63. The predicted octanol–water partition coefficient (Wildman–Crippen LogP) is 1.32. The van der Waals surface area contributed by atoms with Crippen LogP contribution >= 0.6 is 0 Å². The summed E-state index contributed by atoms with van der Waals surface area (Å²) >= 11 is 0. The summed E-state index contributed by atoms with van der Waals surface area (Å²) < 4.78 is 5.78. The number of nitrogens with zero attached hydrogens (tertiary/aromatic N) is 1. The summed E-state index contributed by atoms with van der Waals surface area (Å²) in [5.74, 6) is 0.853. The lowest BCUT2D eigenvalue weighted by Gasteiger charge is -2.10. The van der Waals surface area contributed by atoms with E-state index < -0.39 is 11.5 Å². The second-order valence-corrected chi connectivity index (χ2v) is 5.09. The van der Waals surface area contributed by atoms with Crippen molar-refractivity contribution in [3.05, 3.63) is 46.4 Å². The van der Waals surface area contributed by atoms with Gasteiger partial charge in [-0.05, 0) is 30.9 Å². The third kappa shape index (κ3) is 2.94. The van der Waals surface area contributed by atoms with Gasteiger partial charge in [0.25, 0.3) is 11.5 Å². The summed E-state index contributed by atoms with van der Waals surface area (Å²) in [7, 11) is 0. The van der Waals surface area contributed by atoms with Crippen molar-refractivity contribution in [2.24, 2.45) is 11.7 Å². The van der Waals surface area contributed by atoms with Gasteiger partial charge in [0, 0.05) is 6.20 Å². The van der Waals surface area contributed by atoms with Crippen molar-refractivity contribution in [1.82, 2.24) is 9.97 Å². The maximum atomic E-state index is 11.8. The molecule has 0 unspecified atom stereocenters. The van der Waals surface area contributed by atoms with Crippen LogP contribution in [0.2, 0.25) is 0 Å². The number of nitrogens with two attached hydrogens (primary N) is 1. The molecule has 1 aromatic carbocycles. The fourth-order valence-electron chi connectivity index (χ4n) is 1.99. The van der Waals surface area contributed by atoms with Crippen molar-refractivity contribution in [3.63, 3.8) is 0 Å². The maximum absolute atomic E-state index is 11.8. The van der Waals surface area contributed by atoms with Crippen LogP contribution in [0.4, 0.5) is 0 Å². The summed E-state index contributed by atoms with van der Waals surface area (Å²) in [4.78, 5) is 29.5. The Labute approximate surface area is 121 Å². The molecule has 0 saturated heterocycles. The lowest BCUT2D eigenvalue weighted by molar-refractivity contribution is 0.0998. The number of para-hydroxylation sites is 1. The average Bonchev–Trinajstić information content (AvgIpc) is 3.29. The zero-order chi connectivity index (χ0) is 14.8. The van der Waals surface area contributed by atoms with Crippen LogP contribution in [0.15, 0.2) is 35.3 Å². The van der Waals surface area contributed by atoms with Crippen molar-refractivity contribution in [3.8, 4) is 17.1 Å². The first-order chi connectivity index (χ1) is 10.1. The van der Waals surface area contributed by atoms with Gasteiger partial charge in [0.2, 0.25) is 0 Å². The number of rotatable bonds is 5. The van der Waals surface area contributed by atoms with E-state index in [0.29, 0.717) is 29.7 Å². The number of amides is 1. The van der Waals surface area contributed by atoms with Gasteiger partial charge in [-0.2, -0.15) is 0 Å². The standard InChI is InChI=1S/C15H15N3O3/c16-13(19)11-7-17-14(18-15(11)20)10-3-1-2-4-12(10)21-8-9-5-6-9/h1-4,7,9H,5-6,8H2,(H2,16,19)(H,17,18,20). The minimum Gasteiger partial charge on any atom is -0.493 e. The molecule has 1 aliphatic carbocycles. The maximum Gasteiger partial charge on any atom is 0.264 e. The van der Waals surface area contributed by atoms with Crippen LogP contribution < -0.4 is 16.0 Å². The van der Waals surface area contributed by atoms with Gasteiger partial charge in [-0.1, -0.05) is 12.1 Å². The van der Waals surface area contributed by atoms with E-state index in [1.54, 1.807) is 0 Å². The number of aromatic amines is 1. The van der Waals surface area contributed by atoms with E-state index >= 15 is 0 Å². The highest BCUT2D eigenvalue weighted by Gasteiger charge is 2.22. The molecule has 1 heterocycles. The van der Waals surface area contributed by atoms with Gasteiger partial charge in [0.15, 0.2) is 0 Å². The molecule has 3 rings (SSSR count). The lowest BCUT2D eigenvalue weighted by atomic mass is 10.2. The Morgan fingerprint density at radius 1 is 1.38 bits per heavy atom. The molecule has 21 heavy (non-hydrogen) atoms. The number of hydrogen-bond donors (Lipinski definition) is 2. The van der Waals surface area contributed by atoms with E-state index in [4.69, 9.17) is 10.5 Å². The molecule has 0 spiro atoms. The Balaban J connectivity index is 1.93. The van der Waals surface area contributed by atoms with Crippen molar-refractivity contribution < 1.29 is 9.53 Å². The molecule has 0 radical (unpaired) electrons. The SMILES string of the molecule is NC(=O)c1cnc(-c2ccccc2OCC2CC2)[nH]c1=O. The molecule has 0 bridgehead atoms. The summed E-state index contributed by atoms with van der Waals surface area (Å²) in [6, 6.07) is 7.34. The van der Waals surface area contributed by atoms with E-state index in [1.165, 1.54) is 19.0 Å². The van der Waals surface area contributed by atoms with Gasteiger partial charge in [-0.15, -0.1) is 0 Å². The number of primary amides is 1. The molecule has 1 amide bonds. The molecule has 1 aromatic heterocycles. The fraction of sp³-hybridized carbons (Fsp3) is 0.267. The number of carbonyl (C=O) groups is 1. The summed E-state index contributed by atoms with van der Waals surface area (Å²) in [6.45, 7) is 0.667. The van der Waals surface area contributed by atoms with Gasteiger partial charge < -0.3 is 15.5 Å². The molecular formula is C15H15N3O3. The van der Waals surface area contributed by atoms with Crippen LogP contribution in [0.5, 0.6) is 5.75 Å². The van der Waals surface area contributed by atoms with Crippen molar-refractivity contribution in [1.29, 1.82) is 0 Å². The molecule has 1 aliphatic rings. The number of ether oxygens (including phenoxy) is 1. The molecule has 108 valence electrons. The van der Waals surface area contributed by atoms with E-state index in [9.17, 15) is 9.59 Å². The van der Waals surface area contributed by atoms with Crippen LogP contribution in [-0.2, 0) is 0 Å². The highest BCUT2D eigenvalue weighted by Crippen LogP contribution is 2.32. The summed E-state index contributed by atoms with van der Waals surface area (Å²) in [5, 5.41) is 0. The van der Waals surface area contributed by atoms with Crippen LogP contribution in [0.25, 0.3) is 11.4 Å². The molecule has 6 heteroatoms. The van der Waals surface area contributed by atoms with E-state index in [2.05, 4.69) is 9.97 Å². The number of aromatic nitrogens is 2. The van der Waals surface area contributed by atoms with E-state index in [-0.39, 0.29) is 5.56 Å². The first-order valence-electron chi connectivity index (χ1n) is 6.76. The molecule has 1 fully saturated rings. The van der Waals surface area contributed by atoms with Crippen molar-refractivity contribution in [2.45, 2.75) is 12.8 Å². The van der Waals surface area contributed by atoms with Gasteiger partial charge in [0.05, 0.1) is 12.2 Å². The minimum atomic E-state index is -0.798. The molecule has 0 aliphatic heterocycles. The highest BCUT2D eigenvalue weighted by molar-refractivity contribution is 5.92. The van der Waals surface area contributed by atoms with Gasteiger partial charge >= 0.3 is 0 Å². The van der Waals surface area contributed by atoms with Crippen LogP contribution in [0.1, 0.15) is 23.2 Å². The van der Waals surface area contributed by atoms with Gasteiger partial charge in [-0.3, -0.25) is 9.59 Å². The lowest BCUT2D eigenvalue weighted by Crippen LogP contribution is -2.24. The van der Waals surface area contributed by atoms with Crippen LogP contribution in [0, 0.1) is 5.92 Å². The number of benzene rings is 1. The smallest absolute Gasteiger partial charge is 0.264 e. The third-order valence-electron chi connectivity index (χ3n) is 3.38. The Bertz CT molecular complexity index is 735. The van der Waals surface area contributed by atoms with Crippen molar-refractivity contribution in [2.75, 3.05) is 6.61 Å². The summed E-state index contributed by atoms with van der Waals surface area (Å²) in [5.41, 5.74) is 5.08. The topological polar surface area (TPSA) is 98.1 Å². The molecular weight excluding hydrogens is 270 g/mol. The zero-order valence-corrected chi connectivity index (χ0v) is 11.3. The second-order valence-electron chi connectivity index (χ2n) is 5.09. The summed E-state index contributed by atoms with van der Waals surface area (Å²) in [6.07, 6.45) is 3.59. The van der Waals surface area contributed by atoms with Gasteiger partial charge in [0.1, 0.15) is 17.1 Å². The molecule has 0 atom stereocenters. The zero-order valence-electron chi connectivity index (χ0n) is 11.3. The number of carbonyl (C=O) groups excluding carboxylic acids is 1. The average molecular weight is 285 g/mol. The quantitative estimate of drug-likeness (QED) is 0.865. The number of H-pyrrole nitrogens is 1. The molecule has 6 nitrogen and oxygen atoms in total. The Kier molecular flexibility index (Phi) is 3.43. The van der Waals surface area contributed by atoms with Crippen molar-refractivity contribution >= 4 is 5.91 Å². The molecule has 2 aromatic rings. The number of nitrogens with one attached hydrogen (secondary N) is 1. The van der Waals surface area contributed by atoms with E-state index in [1.807, 2.05) is 24.3 Å². The van der Waals surface area contributed by atoms with Crippen LogP contribution in [-0.4, -0.2) is 22.5 Å². The number of hydrogen-bond acceptors (Lipinski definition) is 4. The third-order valence-corrected chi connectivity index (χ3v) is 3.38. The predicted molar refractivity (Wildman–Crippen MR) is 77.0 cm³/mol. The monoisotopic (exact) mass is 285 g/mol. The molecule has 3 N–H and O–H groups in total. The minimum absolute atomic E-state index is 0.157. The first kappa shape index (κ1) is 13.4. The fourth-order valence-corrected chi connectivity index (χ4v) is 1.99. The second kappa shape index (κ2) is 5.40. The Morgan fingerprint density at radius 2 is 2.14 bits per heavy atom. The van der Waals surface area contributed by atoms with Gasteiger partial charge in [-0.25, -0.2) is 4.98 Å².